The third-order valence-electron chi connectivity index (χ3n) is 3.32. The van der Waals surface area contributed by atoms with Crippen molar-refractivity contribution in [2.24, 2.45) is 0 Å². The number of benzene rings is 2. The Morgan fingerprint density at radius 2 is 1.76 bits per heavy atom. The lowest BCUT2D eigenvalue weighted by Crippen LogP contribution is -1.93. The van der Waals surface area contributed by atoms with Gasteiger partial charge in [-0.3, -0.25) is 0 Å². The van der Waals surface area contributed by atoms with Crippen molar-refractivity contribution in [1.82, 2.24) is 0 Å². The summed E-state index contributed by atoms with van der Waals surface area (Å²) in [6, 6.07) is 12.9. The molecule has 0 aliphatic carbocycles. The first-order valence-corrected chi connectivity index (χ1v) is 6.80. The van der Waals surface area contributed by atoms with E-state index >= 15 is 0 Å². The van der Waals surface area contributed by atoms with Crippen LogP contribution in [0.15, 0.2) is 36.4 Å². The summed E-state index contributed by atoms with van der Waals surface area (Å²) in [5.74, 6) is 0. The molecule has 0 aliphatic heterocycles. The molecule has 0 N–H and O–H groups in total. The van der Waals surface area contributed by atoms with Crippen molar-refractivity contribution in [3.8, 4) is 0 Å². The lowest BCUT2D eigenvalue weighted by Gasteiger charge is -2.13. The van der Waals surface area contributed by atoms with Crippen LogP contribution in [0.5, 0.6) is 0 Å². The molecule has 0 fully saturated rings. The van der Waals surface area contributed by atoms with Crippen molar-refractivity contribution in [3.05, 3.63) is 47.5 Å². The maximum Gasteiger partial charge on any atom is 0.0591 e. The molecular formula is C16H19Cl. The summed E-state index contributed by atoms with van der Waals surface area (Å²) < 4.78 is 0. The van der Waals surface area contributed by atoms with Gasteiger partial charge in [0.15, 0.2) is 0 Å². The molecule has 0 heterocycles. The van der Waals surface area contributed by atoms with Gasteiger partial charge in [0.25, 0.3) is 0 Å². The van der Waals surface area contributed by atoms with Crippen LogP contribution in [-0.2, 0) is 0 Å². The predicted octanol–water partition coefficient (Wildman–Crippen LogP) is 5.62. The lowest BCUT2D eigenvalue weighted by atomic mass is 9.96. The fraction of sp³-hybridized carbons (Fsp3) is 0.375. The molecule has 0 aromatic heterocycles. The highest BCUT2D eigenvalue weighted by atomic mass is 35.5. The smallest absolute Gasteiger partial charge is 0.0591 e. The summed E-state index contributed by atoms with van der Waals surface area (Å²) in [6.45, 7) is 4.36. The number of hydrogen-bond donors (Lipinski definition) is 0. The normalized spacial score (nSPS) is 12.9. The summed E-state index contributed by atoms with van der Waals surface area (Å²) in [4.78, 5) is 0. The second kappa shape index (κ2) is 5.55. The quantitative estimate of drug-likeness (QED) is 0.615. The molecule has 17 heavy (non-hydrogen) atoms. The first-order valence-electron chi connectivity index (χ1n) is 6.36. The van der Waals surface area contributed by atoms with Crippen LogP contribution >= 0.6 is 11.6 Å². The Morgan fingerprint density at radius 1 is 1.06 bits per heavy atom. The van der Waals surface area contributed by atoms with Crippen LogP contribution in [0.2, 0.25) is 0 Å². The van der Waals surface area contributed by atoms with Crippen molar-refractivity contribution >= 4 is 22.4 Å². The van der Waals surface area contributed by atoms with Crippen LogP contribution < -0.4 is 0 Å². The van der Waals surface area contributed by atoms with Gasteiger partial charge in [-0.15, -0.1) is 11.6 Å². The van der Waals surface area contributed by atoms with E-state index in [9.17, 15) is 0 Å². The number of fused-ring (bicyclic) bond motifs is 1. The highest BCUT2D eigenvalue weighted by Gasteiger charge is 2.11. The molecule has 2 aromatic rings. The zero-order valence-electron chi connectivity index (χ0n) is 10.5. The summed E-state index contributed by atoms with van der Waals surface area (Å²) >= 11 is 6.52. The van der Waals surface area contributed by atoms with E-state index in [0.29, 0.717) is 0 Å². The Balaban J connectivity index is 2.44. The fourth-order valence-corrected chi connectivity index (χ4v) is 2.63. The topological polar surface area (TPSA) is 0 Å². The van der Waals surface area contributed by atoms with Crippen LogP contribution in [0.25, 0.3) is 10.8 Å². The molecular weight excluding hydrogens is 228 g/mol. The van der Waals surface area contributed by atoms with Crippen LogP contribution in [0.3, 0.4) is 0 Å². The fourth-order valence-electron chi connectivity index (χ4n) is 2.29. The minimum atomic E-state index is 0.139. The molecule has 90 valence electrons. The number of unbranched alkanes of at least 4 members (excludes halogenated alkanes) is 1. The van der Waals surface area contributed by atoms with Gasteiger partial charge in [0, 0.05) is 0 Å². The second-order valence-corrected chi connectivity index (χ2v) is 5.15. The number of hydrogen-bond acceptors (Lipinski definition) is 0. The molecule has 0 saturated carbocycles. The van der Waals surface area contributed by atoms with Gasteiger partial charge in [-0.1, -0.05) is 56.2 Å². The monoisotopic (exact) mass is 246 g/mol. The maximum atomic E-state index is 6.52. The van der Waals surface area contributed by atoms with Gasteiger partial charge in [0.05, 0.1) is 5.38 Å². The van der Waals surface area contributed by atoms with E-state index in [0.717, 1.165) is 6.42 Å². The van der Waals surface area contributed by atoms with E-state index < -0.39 is 0 Å². The van der Waals surface area contributed by atoms with Crippen molar-refractivity contribution in [2.45, 2.75) is 38.5 Å². The van der Waals surface area contributed by atoms with Crippen molar-refractivity contribution in [2.75, 3.05) is 0 Å². The number of aryl methyl sites for hydroxylation is 1. The average Bonchev–Trinajstić information content (AvgIpc) is 2.37. The summed E-state index contributed by atoms with van der Waals surface area (Å²) in [7, 11) is 0. The Hall–Kier alpha value is -1.01. The molecule has 2 rings (SSSR count). The van der Waals surface area contributed by atoms with Gasteiger partial charge in [0.1, 0.15) is 0 Å². The van der Waals surface area contributed by atoms with Gasteiger partial charge in [0.2, 0.25) is 0 Å². The first kappa shape index (κ1) is 12.4. The molecule has 1 unspecified atom stereocenters. The second-order valence-electron chi connectivity index (χ2n) is 4.63. The third-order valence-corrected chi connectivity index (χ3v) is 3.78. The molecule has 1 heteroatoms. The number of alkyl halides is 1. The van der Waals surface area contributed by atoms with Gasteiger partial charge in [-0.05, 0) is 35.2 Å². The average molecular weight is 247 g/mol. The maximum absolute atomic E-state index is 6.52. The van der Waals surface area contributed by atoms with Crippen molar-refractivity contribution < 1.29 is 0 Å². The van der Waals surface area contributed by atoms with Crippen molar-refractivity contribution in [1.29, 1.82) is 0 Å². The van der Waals surface area contributed by atoms with Gasteiger partial charge < -0.3 is 0 Å². The van der Waals surface area contributed by atoms with E-state index in [-0.39, 0.29) is 5.38 Å². The predicted molar refractivity (Wildman–Crippen MR) is 76.8 cm³/mol. The van der Waals surface area contributed by atoms with Crippen LogP contribution in [-0.4, -0.2) is 0 Å². The van der Waals surface area contributed by atoms with E-state index in [4.69, 9.17) is 11.6 Å². The molecule has 0 aliphatic rings. The van der Waals surface area contributed by atoms with Crippen LogP contribution in [0.4, 0.5) is 0 Å². The van der Waals surface area contributed by atoms with Gasteiger partial charge >= 0.3 is 0 Å². The minimum absolute atomic E-state index is 0.139. The Morgan fingerprint density at radius 3 is 2.47 bits per heavy atom. The lowest BCUT2D eigenvalue weighted by molar-refractivity contribution is 0.703. The van der Waals surface area contributed by atoms with E-state index in [1.165, 1.54) is 34.7 Å². The van der Waals surface area contributed by atoms with Gasteiger partial charge in [-0.25, -0.2) is 0 Å². The molecule has 0 amide bonds. The Labute approximate surface area is 109 Å². The van der Waals surface area contributed by atoms with Gasteiger partial charge in [-0.2, -0.15) is 0 Å². The zero-order chi connectivity index (χ0) is 12.3. The summed E-state index contributed by atoms with van der Waals surface area (Å²) in [6.07, 6.45) is 3.45. The molecule has 0 spiro atoms. The van der Waals surface area contributed by atoms with Crippen LogP contribution in [0.1, 0.15) is 42.7 Å². The molecule has 2 aromatic carbocycles. The Kier molecular flexibility index (Phi) is 4.06. The first-order chi connectivity index (χ1) is 8.24. The molecule has 0 nitrogen and oxygen atoms in total. The molecule has 0 saturated heterocycles. The summed E-state index contributed by atoms with van der Waals surface area (Å²) in [5, 5.41) is 2.77. The Bertz CT molecular complexity index is 502. The highest BCUT2D eigenvalue weighted by molar-refractivity contribution is 6.21. The highest BCUT2D eigenvalue weighted by Crippen LogP contribution is 2.33. The number of rotatable bonds is 4. The van der Waals surface area contributed by atoms with E-state index in [1.807, 2.05) is 0 Å². The third kappa shape index (κ3) is 2.63. The summed E-state index contributed by atoms with van der Waals surface area (Å²) in [5.41, 5.74) is 2.60. The molecule has 1 atom stereocenters. The van der Waals surface area contributed by atoms with Crippen molar-refractivity contribution in [3.63, 3.8) is 0 Å². The van der Waals surface area contributed by atoms with Crippen LogP contribution in [0, 0.1) is 6.92 Å². The largest absolute Gasteiger partial charge is 0.118 e. The molecule has 0 bridgehead atoms. The standard InChI is InChI=1S/C16H19Cl/c1-3-4-9-16(17)15-11-10-12(2)13-7-5-6-8-14(13)15/h5-8,10-11,16H,3-4,9H2,1-2H3. The number of halogens is 1. The van der Waals surface area contributed by atoms with E-state index in [2.05, 4.69) is 50.2 Å². The van der Waals surface area contributed by atoms with E-state index in [1.54, 1.807) is 0 Å². The SMILES string of the molecule is CCCCC(Cl)c1ccc(C)c2ccccc12. The molecule has 0 radical (unpaired) electrons. The zero-order valence-corrected chi connectivity index (χ0v) is 11.3. The minimum Gasteiger partial charge on any atom is -0.118 e.